The van der Waals surface area contributed by atoms with Crippen LogP contribution in [0.3, 0.4) is 0 Å². The SMILES string of the molecule is Cc1cc([C@@H](C)NC2CCN(C(=O)c3ccoc3)CC2)c(C)s1. The molecule has 1 saturated heterocycles. The Labute approximate surface area is 141 Å². The van der Waals surface area contributed by atoms with Crippen LogP contribution < -0.4 is 5.32 Å². The summed E-state index contributed by atoms with van der Waals surface area (Å²) >= 11 is 1.86. The van der Waals surface area contributed by atoms with Crippen molar-refractivity contribution in [2.75, 3.05) is 13.1 Å². The quantitative estimate of drug-likeness (QED) is 0.923. The average molecular weight is 332 g/mol. The van der Waals surface area contributed by atoms with Gasteiger partial charge in [0.25, 0.3) is 5.91 Å². The molecule has 1 fully saturated rings. The van der Waals surface area contributed by atoms with Gasteiger partial charge in [0.05, 0.1) is 11.8 Å². The predicted octanol–water partition coefficient (Wildman–Crippen LogP) is 3.91. The number of hydrogen-bond acceptors (Lipinski definition) is 4. The molecule has 1 aliphatic heterocycles. The van der Waals surface area contributed by atoms with E-state index in [4.69, 9.17) is 4.42 Å². The van der Waals surface area contributed by atoms with Crippen molar-refractivity contribution < 1.29 is 9.21 Å². The number of carbonyl (C=O) groups is 1. The molecule has 1 atom stereocenters. The zero-order chi connectivity index (χ0) is 16.4. The molecule has 1 amide bonds. The molecule has 5 heteroatoms. The van der Waals surface area contributed by atoms with Gasteiger partial charge in [0, 0.05) is 34.9 Å². The lowest BCUT2D eigenvalue weighted by Gasteiger charge is -2.34. The summed E-state index contributed by atoms with van der Waals surface area (Å²) in [5.41, 5.74) is 2.05. The molecule has 124 valence electrons. The van der Waals surface area contributed by atoms with Gasteiger partial charge in [0.1, 0.15) is 6.26 Å². The first-order valence-electron chi connectivity index (χ1n) is 8.19. The van der Waals surface area contributed by atoms with Gasteiger partial charge in [-0.2, -0.15) is 0 Å². The monoisotopic (exact) mass is 332 g/mol. The van der Waals surface area contributed by atoms with E-state index in [1.165, 1.54) is 21.6 Å². The molecule has 0 spiro atoms. The molecule has 0 radical (unpaired) electrons. The summed E-state index contributed by atoms with van der Waals surface area (Å²) in [4.78, 5) is 17.0. The van der Waals surface area contributed by atoms with Crippen molar-refractivity contribution in [2.24, 2.45) is 0 Å². The lowest BCUT2D eigenvalue weighted by atomic mass is 10.0. The Hall–Kier alpha value is -1.59. The maximum atomic E-state index is 12.3. The van der Waals surface area contributed by atoms with E-state index in [1.807, 2.05) is 16.2 Å². The van der Waals surface area contributed by atoms with E-state index < -0.39 is 0 Å². The molecule has 2 aromatic rings. The molecule has 0 aromatic carbocycles. The number of amides is 1. The number of thiophene rings is 1. The maximum absolute atomic E-state index is 12.3. The Morgan fingerprint density at radius 1 is 1.39 bits per heavy atom. The molecule has 0 bridgehead atoms. The van der Waals surface area contributed by atoms with Gasteiger partial charge in [-0.1, -0.05) is 0 Å². The number of rotatable bonds is 4. The zero-order valence-corrected chi connectivity index (χ0v) is 14.8. The number of furan rings is 1. The number of carbonyl (C=O) groups excluding carboxylic acids is 1. The standard InChI is InChI=1S/C18H24N2O2S/c1-12-10-17(14(3)23-12)13(2)19-16-4-7-20(8-5-16)18(21)15-6-9-22-11-15/h6,9-11,13,16,19H,4-5,7-8H2,1-3H3/t13-/m1/s1. The van der Waals surface area contributed by atoms with Crippen LogP contribution in [0.2, 0.25) is 0 Å². The minimum atomic E-state index is 0.0783. The van der Waals surface area contributed by atoms with Gasteiger partial charge in [-0.3, -0.25) is 4.79 Å². The summed E-state index contributed by atoms with van der Waals surface area (Å²) < 4.78 is 5.00. The third kappa shape index (κ3) is 3.67. The molecule has 4 nitrogen and oxygen atoms in total. The minimum absolute atomic E-state index is 0.0783. The summed E-state index contributed by atoms with van der Waals surface area (Å²) in [7, 11) is 0. The maximum Gasteiger partial charge on any atom is 0.257 e. The molecule has 3 heterocycles. The van der Waals surface area contributed by atoms with Crippen LogP contribution in [0, 0.1) is 13.8 Å². The minimum Gasteiger partial charge on any atom is -0.472 e. The Morgan fingerprint density at radius 3 is 2.70 bits per heavy atom. The largest absolute Gasteiger partial charge is 0.472 e. The van der Waals surface area contributed by atoms with Crippen LogP contribution in [0.4, 0.5) is 0 Å². The van der Waals surface area contributed by atoms with Crippen LogP contribution in [0.15, 0.2) is 29.1 Å². The van der Waals surface area contributed by atoms with Gasteiger partial charge in [-0.15, -0.1) is 11.3 Å². The first kappa shape index (κ1) is 16.3. The number of nitrogens with one attached hydrogen (secondary N) is 1. The highest BCUT2D eigenvalue weighted by molar-refractivity contribution is 7.12. The second-order valence-electron chi connectivity index (χ2n) is 6.34. The lowest BCUT2D eigenvalue weighted by molar-refractivity contribution is 0.0701. The van der Waals surface area contributed by atoms with Crippen LogP contribution in [0.5, 0.6) is 0 Å². The highest BCUT2D eigenvalue weighted by atomic mass is 32.1. The van der Waals surface area contributed by atoms with Crippen LogP contribution in [0.25, 0.3) is 0 Å². The van der Waals surface area contributed by atoms with Crippen LogP contribution in [0.1, 0.15) is 51.5 Å². The van der Waals surface area contributed by atoms with E-state index in [0.29, 0.717) is 17.6 Å². The topological polar surface area (TPSA) is 45.5 Å². The summed E-state index contributed by atoms with van der Waals surface area (Å²) in [5.74, 6) is 0.0783. The summed E-state index contributed by atoms with van der Waals surface area (Å²) in [6.07, 6.45) is 5.07. The molecule has 0 unspecified atom stereocenters. The molecule has 1 aliphatic rings. The van der Waals surface area contributed by atoms with Crippen LogP contribution >= 0.6 is 11.3 Å². The first-order valence-corrected chi connectivity index (χ1v) is 9.00. The van der Waals surface area contributed by atoms with E-state index in [0.717, 1.165) is 25.9 Å². The zero-order valence-electron chi connectivity index (χ0n) is 14.0. The molecule has 0 aliphatic carbocycles. The van der Waals surface area contributed by atoms with Gasteiger partial charge in [-0.25, -0.2) is 0 Å². The van der Waals surface area contributed by atoms with Gasteiger partial charge < -0.3 is 14.6 Å². The fourth-order valence-electron chi connectivity index (χ4n) is 3.34. The summed E-state index contributed by atoms with van der Waals surface area (Å²) in [6, 6.07) is 4.85. The third-order valence-electron chi connectivity index (χ3n) is 4.58. The number of aryl methyl sites for hydroxylation is 2. The van der Waals surface area contributed by atoms with E-state index in [-0.39, 0.29) is 5.91 Å². The van der Waals surface area contributed by atoms with Gasteiger partial charge in [-0.05, 0) is 51.3 Å². The molecule has 0 saturated carbocycles. The number of nitrogens with zero attached hydrogens (tertiary/aromatic N) is 1. The average Bonchev–Trinajstić information content (AvgIpc) is 3.17. The fraction of sp³-hybridized carbons (Fsp3) is 0.500. The van der Waals surface area contributed by atoms with Gasteiger partial charge in [0.2, 0.25) is 0 Å². The summed E-state index contributed by atoms with van der Waals surface area (Å²) in [6.45, 7) is 8.19. The lowest BCUT2D eigenvalue weighted by Crippen LogP contribution is -2.45. The Balaban J connectivity index is 1.53. The second-order valence-corrected chi connectivity index (χ2v) is 7.80. The molecule has 3 rings (SSSR count). The molecule has 2 aromatic heterocycles. The van der Waals surface area contributed by atoms with Crippen molar-refractivity contribution >= 4 is 17.2 Å². The highest BCUT2D eigenvalue weighted by Gasteiger charge is 2.25. The normalized spacial score (nSPS) is 17.4. The first-order chi connectivity index (χ1) is 11.0. The van der Waals surface area contributed by atoms with Crippen molar-refractivity contribution in [1.29, 1.82) is 0 Å². The van der Waals surface area contributed by atoms with Gasteiger partial charge >= 0.3 is 0 Å². The van der Waals surface area contributed by atoms with Gasteiger partial charge in [0.15, 0.2) is 0 Å². The molecule has 1 N–H and O–H groups in total. The number of likely N-dealkylation sites (tertiary alicyclic amines) is 1. The number of piperidine rings is 1. The van der Waals surface area contributed by atoms with Crippen molar-refractivity contribution in [3.63, 3.8) is 0 Å². The highest BCUT2D eigenvalue weighted by Crippen LogP contribution is 2.27. The van der Waals surface area contributed by atoms with Crippen LogP contribution in [-0.2, 0) is 0 Å². The van der Waals surface area contributed by atoms with Crippen molar-refractivity contribution in [1.82, 2.24) is 10.2 Å². The van der Waals surface area contributed by atoms with Crippen molar-refractivity contribution in [3.05, 3.63) is 45.5 Å². The van der Waals surface area contributed by atoms with E-state index in [9.17, 15) is 4.79 Å². The fourth-order valence-corrected chi connectivity index (χ4v) is 4.36. The number of hydrogen-bond donors (Lipinski definition) is 1. The Bertz CT molecular complexity index is 655. The van der Waals surface area contributed by atoms with Crippen molar-refractivity contribution in [3.8, 4) is 0 Å². The summed E-state index contributed by atoms with van der Waals surface area (Å²) in [5, 5.41) is 3.73. The predicted molar refractivity (Wildman–Crippen MR) is 93.0 cm³/mol. The van der Waals surface area contributed by atoms with E-state index in [1.54, 1.807) is 12.3 Å². The smallest absolute Gasteiger partial charge is 0.257 e. The van der Waals surface area contributed by atoms with Crippen molar-refractivity contribution in [2.45, 2.75) is 45.7 Å². The Kier molecular flexibility index (Phi) is 4.87. The third-order valence-corrected chi connectivity index (χ3v) is 5.56. The van der Waals surface area contributed by atoms with E-state index in [2.05, 4.69) is 32.2 Å². The van der Waals surface area contributed by atoms with E-state index >= 15 is 0 Å². The second kappa shape index (κ2) is 6.89. The van der Waals surface area contributed by atoms with Crippen LogP contribution in [-0.4, -0.2) is 29.9 Å². The molecule has 23 heavy (non-hydrogen) atoms. The Morgan fingerprint density at radius 2 is 2.13 bits per heavy atom. The molecular weight excluding hydrogens is 308 g/mol. The molecular formula is C18H24N2O2S.